The summed E-state index contributed by atoms with van der Waals surface area (Å²) in [6.07, 6.45) is 17.7. The van der Waals surface area contributed by atoms with Crippen molar-refractivity contribution in [1.82, 2.24) is 4.90 Å². The topological polar surface area (TPSA) is 3.24 Å². The number of nitrogens with zero attached hydrogens (tertiary/aromatic N) is 1. The molecule has 0 aliphatic carbocycles. The van der Waals surface area contributed by atoms with Gasteiger partial charge in [0.1, 0.15) is 0 Å². The Hall–Kier alpha value is -1.07. The van der Waals surface area contributed by atoms with Crippen LogP contribution in [-0.4, -0.2) is 30.3 Å². The zero-order valence-corrected chi connectivity index (χ0v) is 15.0. The second-order valence-electron chi connectivity index (χ2n) is 5.52. The molecule has 116 valence electrons. The van der Waals surface area contributed by atoms with Crippen molar-refractivity contribution in [3.05, 3.63) is 60.4 Å². The van der Waals surface area contributed by atoms with Crippen LogP contribution in [0.3, 0.4) is 0 Å². The van der Waals surface area contributed by atoms with E-state index < -0.39 is 0 Å². The summed E-state index contributed by atoms with van der Waals surface area (Å²) < 4.78 is 0. The van der Waals surface area contributed by atoms with Crippen LogP contribution < -0.4 is 0 Å². The average molecular weight is 303 g/mol. The van der Waals surface area contributed by atoms with Crippen molar-refractivity contribution >= 4 is 8.58 Å². The second kappa shape index (κ2) is 9.79. The highest BCUT2D eigenvalue weighted by Crippen LogP contribution is 2.26. The number of rotatable bonds is 6. The van der Waals surface area contributed by atoms with Gasteiger partial charge < -0.3 is 4.90 Å². The minimum absolute atomic E-state index is 0.389. The van der Waals surface area contributed by atoms with E-state index in [-0.39, 0.29) is 0 Å². The van der Waals surface area contributed by atoms with Crippen molar-refractivity contribution in [2.75, 3.05) is 19.4 Å². The lowest BCUT2D eigenvalue weighted by Gasteiger charge is -2.33. The Morgan fingerprint density at radius 2 is 2.24 bits per heavy atom. The quantitative estimate of drug-likeness (QED) is 0.613. The summed E-state index contributed by atoms with van der Waals surface area (Å²) in [5, 5.41) is 0. The summed E-state index contributed by atoms with van der Waals surface area (Å²) in [4.78, 5) is 2.53. The van der Waals surface area contributed by atoms with Gasteiger partial charge in [0.2, 0.25) is 0 Å². The normalized spacial score (nSPS) is 28.4. The fraction of sp³-hybridized carbons (Fsp3) is 0.474. The lowest BCUT2D eigenvalue weighted by molar-refractivity contribution is 0.322. The van der Waals surface area contributed by atoms with Crippen LogP contribution in [0, 0.1) is 5.92 Å². The summed E-state index contributed by atoms with van der Waals surface area (Å²) in [5.41, 5.74) is 2.66. The molecule has 21 heavy (non-hydrogen) atoms. The third kappa shape index (κ3) is 5.32. The van der Waals surface area contributed by atoms with Gasteiger partial charge >= 0.3 is 0 Å². The van der Waals surface area contributed by atoms with Gasteiger partial charge in [0.15, 0.2) is 0 Å². The molecule has 0 spiro atoms. The number of allylic oxidation sites excluding steroid dienone is 7. The first-order chi connectivity index (χ1) is 10.2. The molecule has 1 rings (SSSR count). The highest BCUT2D eigenvalue weighted by atomic mass is 31.1. The number of hydrogen-bond acceptors (Lipinski definition) is 1. The van der Waals surface area contributed by atoms with Gasteiger partial charge in [0.25, 0.3) is 0 Å². The Kier molecular flexibility index (Phi) is 8.38. The summed E-state index contributed by atoms with van der Waals surface area (Å²) >= 11 is 0. The molecule has 1 aliphatic rings. The van der Waals surface area contributed by atoms with Crippen LogP contribution in [0.25, 0.3) is 0 Å². The molecule has 3 atom stereocenters. The molecule has 0 aromatic carbocycles. The molecule has 2 heteroatoms. The third-order valence-electron chi connectivity index (χ3n) is 3.81. The van der Waals surface area contributed by atoms with Gasteiger partial charge in [-0.15, -0.1) is 8.58 Å². The molecular weight excluding hydrogens is 273 g/mol. The fourth-order valence-electron chi connectivity index (χ4n) is 2.62. The molecule has 1 aliphatic heterocycles. The van der Waals surface area contributed by atoms with Crippen LogP contribution in [0.2, 0.25) is 0 Å². The van der Waals surface area contributed by atoms with Gasteiger partial charge in [-0.2, -0.15) is 0 Å². The van der Waals surface area contributed by atoms with E-state index in [2.05, 4.69) is 75.4 Å². The monoisotopic (exact) mass is 303 g/mol. The predicted octanol–water partition coefficient (Wildman–Crippen LogP) is 5.15. The highest BCUT2D eigenvalue weighted by molar-refractivity contribution is 7.37. The predicted molar refractivity (Wildman–Crippen MR) is 99.4 cm³/mol. The van der Waals surface area contributed by atoms with E-state index in [0.29, 0.717) is 12.0 Å². The summed E-state index contributed by atoms with van der Waals surface area (Å²) in [7, 11) is 0.982. The largest absolute Gasteiger partial charge is 0.365 e. The standard InChI is InChI=1S/C19H30NP/c1-6-8-13-19-18(7-2)16(3)12-10-9-11-14-20(19)17(4)15-21-5/h7-13,16-17,21H,2,6,14-15H2,1,3-5H3/b11-9-,12-10-,13-8?,19-18-. The van der Waals surface area contributed by atoms with Gasteiger partial charge in [-0.1, -0.05) is 56.9 Å². The Bertz CT molecular complexity index is 442. The highest BCUT2D eigenvalue weighted by Gasteiger charge is 2.18. The smallest absolute Gasteiger partial charge is 0.0406 e. The van der Waals surface area contributed by atoms with Crippen LogP contribution >= 0.6 is 8.58 Å². The third-order valence-corrected chi connectivity index (χ3v) is 4.81. The Morgan fingerprint density at radius 1 is 1.48 bits per heavy atom. The molecule has 0 aromatic rings. The zero-order chi connectivity index (χ0) is 15.7. The van der Waals surface area contributed by atoms with Crippen LogP contribution in [0.4, 0.5) is 0 Å². The van der Waals surface area contributed by atoms with Crippen molar-refractivity contribution in [2.45, 2.75) is 33.2 Å². The van der Waals surface area contributed by atoms with E-state index in [0.717, 1.165) is 21.5 Å². The SMILES string of the molecule is C=C/C1=C(\C=CCC)N(C(C)CPC)C/C=C\C=C/C1C. The molecule has 0 aromatic heterocycles. The lowest BCUT2D eigenvalue weighted by atomic mass is 9.97. The molecule has 0 radical (unpaired) electrons. The molecule has 3 unspecified atom stereocenters. The number of hydrogen-bond donors (Lipinski definition) is 0. The molecule has 0 bridgehead atoms. The maximum atomic E-state index is 4.06. The molecular formula is C19H30NP. The average Bonchev–Trinajstić information content (AvgIpc) is 2.54. The Morgan fingerprint density at radius 3 is 2.86 bits per heavy atom. The molecule has 0 saturated carbocycles. The first-order valence-corrected chi connectivity index (χ1v) is 9.64. The molecule has 1 nitrogen and oxygen atoms in total. The maximum absolute atomic E-state index is 4.06. The minimum Gasteiger partial charge on any atom is -0.365 e. The summed E-state index contributed by atoms with van der Waals surface area (Å²) in [6, 6.07) is 0.551. The van der Waals surface area contributed by atoms with Crippen LogP contribution in [0.5, 0.6) is 0 Å². The van der Waals surface area contributed by atoms with Crippen molar-refractivity contribution in [3.63, 3.8) is 0 Å². The molecule has 0 fully saturated rings. The van der Waals surface area contributed by atoms with Gasteiger partial charge in [-0.05, 0) is 37.8 Å². The van der Waals surface area contributed by atoms with Gasteiger partial charge in [0, 0.05) is 24.2 Å². The minimum atomic E-state index is 0.389. The van der Waals surface area contributed by atoms with Crippen molar-refractivity contribution in [2.24, 2.45) is 5.92 Å². The fourth-order valence-corrected chi connectivity index (χ4v) is 3.43. The molecule has 0 N–H and O–H groups in total. The lowest BCUT2D eigenvalue weighted by Crippen LogP contribution is -2.34. The first kappa shape index (κ1) is 18.0. The van der Waals surface area contributed by atoms with Crippen molar-refractivity contribution in [1.29, 1.82) is 0 Å². The summed E-state index contributed by atoms with van der Waals surface area (Å²) in [5.74, 6) is 0.389. The summed E-state index contributed by atoms with van der Waals surface area (Å²) in [6.45, 7) is 14.1. The first-order valence-electron chi connectivity index (χ1n) is 7.93. The Labute approximate surface area is 133 Å². The molecule has 0 saturated heterocycles. The van der Waals surface area contributed by atoms with E-state index in [4.69, 9.17) is 0 Å². The molecule has 0 amide bonds. The van der Waals surface area contributed by atoms with Crippen LogP contribution in [0.1, 0.15) is 27.2 Å². The van der Waals surface area contributed by atoms with Gasteiger partial charge in [0.05, 0.1) is 0 Å². The van der Waals surface area contributed by atoms with E-state index in [9.17, 15) is 0 Å². The van der Waals surface area contributed by atoms with E-state index in [1.54, 1.807) is 0 Å². The van der Waals surface area contributed by atoms with Gasteiger partial charge in [-0.3, -0.25) is 0 Å². The second-order valence-corrected chi connectivity index (χ2v) is 6.63. The van der Waals surface area contributed by atoms with Crippen molar-refractivity contribution < 1.29 is 0 Å². The Balaban J connectivity index is 3.31. The molecule has 1 heterocycles. The van der Waals surface area contributed by atoms with E-state index >= 15 is 0 Å². The maximum Gasteiger partial charge on any atom is 0.0406 e. The van der Waals surface area contributed by atoms with Crippen LogP contribution in [0.15, 0.2) is 60.4 Å². The van der Waals surface area contributed by atoms with E-state index in [1.807, 2.05) is 6.08 Å². The van der Waals surface area contributed by atoms with Crippen LogP contribution in [-0.2, 0) is 0 Å². The van der Waals surface area contributed by atoms with E-state index in [1.165, 1.54) is 17.4 Å². The van der Waals surface area contributed by atoms with Gasteiger partial charge in [-0.25, -0.2) is 0 Å². The van der Waals surface area contributed by atoms with Crippen molar-refractivity contribution in [3.8, 4) is 0 Å². The zero-order valence-electron chi connectivity index (χ0n) is 14.0.